The van der Waals surface area contributed by atoms with Gasteiger partial charge in [0.15, 0.2) is 5.82 Å². The number of carbonyl (C=O) groups is 1. The molecule has 3 aromatic rings. The molecule has 1 aliphatic rings. The Morgan fingerprint density at radius 1 is 1.21 bits per heavy atom. The molecule has 4 rings (SSSR count). The highest BCUT2D eigenvalue weighted by atomic mass is 19.4. The molecule has 9 nitrogen and oxygen atoms in total. The monoisotopic (exact) mass is 461 g/mol. The van der Waals surface area contributed by atoms with Crippen molar-refractivity contribution in [3.63, 3.8) is 0 Å². The van der Waals surface area contributed by atoms with Crippen LogP contribution < -0.4 is 10.6 Å². The van der Waals surface area contributed by atoms with Gasteiger partial charge in [-0.1, -0.05) is 6.07 Å². The largest absolute Gasteiger partial charge is 0.468 e. The number of fused-ring (bicyclic) bond motifs is 1. The molecule has 0 aliphatic carbocycles. The summed E-state index contributed by atoms with van der Waals surface area (Å²) in [5.74, 6) is 0.383. The predicted octanol–water partition coefficient (Wildman–Crippen LogP) is 3.23. The Kier molecular flexibility index (Phi) is 6.54. The number of methoxy groups -OCH3 is 1. The third-order valence-electron chi connectivity index (χ3n) is 5.33. The minimum Gasteiger partial charge on any atom is -0.468 e. The van der Waals surface area contributed by atoms with Crippen molar-refractivity contribution < 1.29 is 22.7 Å². The number of alkyl halides is 3. The van der Waals surface area contributed by atoms with Gasteiger partial charge < -0.3 is 15.4 Å². The zero-order chi connectivity index (χ0) is 23.4. The number of likely N-dealkylation sites (tertiary alicyclic amines) is 1. The van der Waals surface area contributed by atoms with Gasteiger partial charge in [0, 0.05) is 24.8 Å². The second-order valence-corrected chi connectivity index (χ2v) is 7.62. The highest BCUT2D eigenvalue weighted by Crippen LogP contribution is 2.32. The molecular weight excluding hydrogens is 439 g/mol. The summed E-state index contributed by atoms with van der Waals surface area (Å²) >= 11 is 0. The molecule has 1 aliphatic heterocycles. The number of rotatable bonds is 6. The first-order valence-corrected chi connectivity index (χ1v) is 10.3. The van der Waals surface area contributed by atoms with Gasteiger partial charge in [-0.3, -0.25) is 9.69 Å². The lowest BCUT2D eigenvalue weighted by molar-refractivity contribution is -0.142. The van der Waals surface area contributed by atoms with Crippen LogP contribution in [0.25, 0.3) is 11.0 Å². The van der Waals surface area contributed by atoms with Gasteiger partial charge in [0.05, 0.1) is 25.4 Å². The smallest absolute Gasteiger partial charge is 0.416 e. The summed E-state index contributed by atoms with van der Waals surface area (Å²) in [6.45, 7) is 1.72. The minimum absolute atomic E-state index is 0.112. The van der Waals surface area contributed by atoms with E-state index < -0.39 is 11.7 Å². The number of piperidine rings is 1. The summed E-state index contributed by atoms with van der Waals surface area (Å²) in [5, 5.41) is 6.18. The molecule has 0 radical (unpaired) electrons. The Morgan fingerprint density at radius 2 is 2.00 bits per heavy atom. The van der Waals surface area contributed by atoms with Gasteiger partial charge in [0.1, 0.15) is 17.4 Å². The Labute approximate surface area is 187 Å². The molecule has 1 fully saturated rings. The number of esters is 1. The second-order valence-electron chi connectivity index (χ2n) is 7.62. The lowest BCUT2D eigenvalue weighted by Gasteiger charge is -2.31. The molecule has 3 heterocycles. The fraction of sp³-hybridized carbons (Fsp3) is 0.381. The number of ether oxygens (including phenoxy) is 1. The van der Waals surface area contributed by atoms with Crippen molar-refractivity contribution in [1.29, 1.82) is 0 Å². The highest BCUT2D eigenvalue weighted by Gasteiger charge is 2.30. The summed E-state index contributed by atoms with van der Waals surface area (Å²) in [6.07, 6.45) is -0.0308. The van der Waals surface area contributed by atoms with Crippen LogP contribution in [0.3, 0.4) is 0 Å². The Bertz CT molecular complexity index is 1130. The molecule has 0 bridgehead atoms. The normalized spacial score (nSPS) is 15.4. The van der Waals surface area contributed by atoms with E-state index in [4.69, 9.17) is 4.74 Å². The molecule has 2 N–H and O–H groups in total. The first-order chi connectivity index (χ1) is 15.8. The van der Waals surface area contributed by atoms with E-state index in [1.165, 1.54) is 31.8 Å². The molecule has 2 aromatic heterocycles. The fourth-order valence-corrected chi connectivity index (χ4v) is 3.59. The van der Waals surface area contributed by atoms with Gasteiger partial charge in [-0.25, -0.2) is 19.9 Å². The third-order valence-corrected chi connectivity index (χ3v) is 5.33. The number of carbonyl (C=O) groups excluding carboxylic acids is 1. The van der Waals surface area contributed by atoms with E-state index in [1.54, 1.807) is 0 Å². The highest BCUT2D eigenvalue weighted by molar-refractivity contribution is 5.87. The number of aromatic nitrogens is 4. The maximum atomic E-state index is 13.0. The van der Waals surface area contributed by atoms with Gasteiger partial charge in [0.2, 0.25) is 5.95 Å². The number of anilines is 3. The van der Waals surface area contributed by atoms with Crippen LogP contribution in [0, 0.1) is 0 Å². The summed E-state index contributed by atoms with van der Waals surface area (Å²) in [5.41, 5.74) is 0.311. The van der Waals surface area contributed by atoms with Gasteiger partial charge >= 0.3 is 12.1 Å². The quantitative estimate of drug-likeness (QED) is 0.535. The van der Waals surface area contributed by atoms with Crippen LogP contribution in [0.1, 0.15) is 18.4 Å². The van der Waals surface area contributed by atoms with Crippen LogP contribution in [0.5, 0.6) is 0 Å². The summed E-state index contributed by atoms with van der Waals surface area (Å²) in [4.78, 5) is 30.6. The number of halogens is 3. The van der Waals surface area contributed by atoms with E-state index in [1.807, 2.05) is 4.90 Å². The average molecular weight is 461 g/mol. The topological polar surface area (TPSA) is 105 Å². The molecule has 33 heavy (non-hydrogen) atoms. The Balaban J connectivity index is 1.48. The van der Waals surface area contributed by atoms with Gasteiger partial charge in [0.25, 0.3) is 0 Å². The molecule has 12 heteroatoms. The van der Waals surface area contributed by atoms with Crippen molar-refractivity contribution in [2.24, 2.45) is 0 Å². The first-order valence-electron chi connectivity index (χ1n) is 10.3. The van der Waals surface area contributed by atoms with E-state index in [0.717, 1.165) is 38.1 Å². The Morgan fingerprint density at radius 3 is 2.73 bits per heavy atom. The molecular formula is C21H22F3N7O2. The van der Waals surface area contributed by atoms with Crippen molar-refractivity contribution >= 4 is 34.5 Å². The molecule has 0 unspecified atom stereocenters. The van der Waals surface area contributed by atoms with Crippen LogP contribution in [0.15, 0.2) is 36.8 Å². The molecule has 174 valence electrons. The van der Waals surface area contributed by atoms with Gasteiger partial charge in [-0.2, -0.15) is 13.2 Å². The SMILES string of the molecule is COC(=O)CN1CCC(Nc2ncc3ncnc(Nc4cccc(C(F)(F)F)c4)c3n2)CC1. The van der Waals surface area contributed by atoms with Crippen LogP contribution in [0.2, 0.25) is 0 Å². The third kappa shape index (κ3) is 5.64. The lowest BCUT2D eigenvalue weighted by atomic mass is 10.1. The zero-order valence-electron chi connectivity index (χ0n) is 17.8. The number of hydrogen-bond acceptors (Lipinski definition) is 9. The van der Waals surface area contributed by atoms with Crippen molar-refractivity contribution in [1.82, 2.24) is 24.8 Å². The fourth-order valence-electron chi connectivity index (χ4n) is 3.59. The van der Waals surface area contributed by atoms with E-state index in [0.29, 0.717) is 17.0 Å². The molecule has 1 saturated heterocycles. The predicted molar refractivity (Wildman–Crippen MR) is 115 cm³/mol. The molecule has 0 saturated carbocycles. The van der Waals surface area contributed by atoms with Crippen LogP contribution in [0.4, 0.5) is 30.6 Å². The number of nitrogens with one attached hydrogen (secondary N) is 2. The van der Waals surface area contributed by atoms with Crippen molar-refractivity contribution in [3.8, 4) is 0 Å². The van der Waals surface area contributed by atoms with Crippen LogP contribution in [-0.4, -0.2) is 63.6 Å². The summed E-state index contributed by atoms with van der Waals surface area (Å²) in [7, 11) is 1.37. The maximum Gasteiger partial charge on any atom is 0.416 e. The maximum absolute atomic E-state index is 13.0. The lowest BCUT2D eigenvalue weighted by Crippen LogP contribution is -2.41. The molecule has 1 aromatic carbocycles. The van der Waals surface area contributed by atoms with E-state index >= 15 is 0 Å². The van der Waals surface area contributed by atoms with Gasteiger partial charge in [-0.15, -0.1) is 0 Å². The van der Waals surface area contributed by atoms with E-state index in [-0.39, 0.29) is 30.1 Å². The van der Waals surface area contributed by atoms with E-state index in [2.05, 4.69) is 30.6 Å². The molecule has 0 amide bonds. The van der Waals surface area contributed by atoms with Crippen LogP contribution in [-0.2, 0) is 15.7 Å². The average Bonchev–Trinajstić information content (AvgIpc) is 2.80. The summed E-state index contributed by atoms with van der Waals surface area (Å²) in [6, 6.07) is 4.97. The molecule has 0 spiro atoms. The number of hydrogen-bond donors (Lipinski definition) is 2. The minimum atomic E-state index is -4.45. The van der Waals surface area contributed by atoms with Gasteiger partial charge in [-0.05, 0) is 31.0 Å². The van der Waals surface area contributed by atoms with Crippen molar-refractivity contribution in [3.05, 3.63) is 42.4 Å². The summed E-state index contributed by atoms with van der Waals surface area (Å²) < 4.78 is 43.8. The number of nitrogens with zero attached hydrogens (tertiary/aromatic N) is 5. The standard InChI is InChI=1S/C21H22F3N7O2/c1-33-17(32)11-31-7-5-14(6-8-31)29-20-25-10-16-18(30-20)19(27-12-26-16)28-15-4-2-3-13(9-15)21(22,23)24/h2-4,9-10,12,14H,5-8,11H2,1H3,(H,25,29,30)(H,26,27,28). The van der Waals surface area contributed by atoms with Crippen molar-refractivity contribution in [2.75, 3.05) is 37.4 Å². The Hall–Kier alpha value is -3.54. The number of benzene rings is 1. The van der Waals surface area contributed by atoms with E-state index in [9.17, 15) is 18.0 Å². The zero-order valence-corrected chi connectivity index (χ0v) is 17.8. The first kappa shape index (κ1) is 22.6. The van der Waals surface area contributed by atoms with Crippen LogP contribution >= 0.6 is 0 Å². The van der Waals surface area contributed by atoms with Crippen molar-refractivity contribution in [2.45, 2.75) is 25.1 Å². The molecule has 0 atom stereocenters. The second kappa shape index (κ2) is 9.53.